The number of nitrogens with zero attached hydrogens (tertiary/aromatic N) is 1. The molecule has 0 aromatic rings. The summed E-state index contributed by atoms with van der Waals surface area (Å²) in [4.78, 5) is 2.80. The maximum Gasteiger partial charge on any atom is 0.0124 e. The molecular weight excluding hydrogens is 232 g/mol. The van der Waals surface area contributed by atoms with Crippen molar-refractivity contribution >= 4 is 0 Å². The van der Waals surface area contributed by atoms with Gasteiger partial charge in [0.05, 0.1) is 0 Å². The zero-order chi connectivity index (χ0) is 14.0. The van der Waals surface area contributed by atoms with E-state index in [4.69, 9.17) is 0 Å². The molecule has 1 aliphatic carbocycles. The number of likely N-dealkylation sites (tertiary alicyclic amines) is 1. The van der Waals surface area contributed by atoms with Crippen molar-refractivity contribution in [2.24, 2.45) is 17.8 Å². The first kappa shape index (κ1) is 15.3. The fourth-order valence-corrected chi connectivity index (χ4v) is 4.10. The van der Waals surface area contributed by atoms with Crippen LogP contribution in [0.4, 0.5) is 0 Å². The smallest absolute Gasteiger partial charge is 0.0124 e. The van der Waals surface area contributed by atoms with Crippen LogP contribution in [0, 0.1) is 17.8 Å². The molecule has 1 aliphatic heterocycles. The molecule has 0 radical (unpaired) electrons. The fraction of sp³-hybridized carbons (Fsp3) is 1.00. The quantitative estimate of drug-likeness (QED) is 0.837. The lowest BCUT2D eigenvalue weighted by Gasteiger charge is -2.30. The zero-order valence-corrected chi connectivity index (χ0v) is 13.7. The van der Waals surface area contributed by atoms with E-state index in [0.29, 0.717) is 0 Å². The molecule has 0 amide bonds. The fourth-order valence-electron chi connectivity index (χ4n) is 4.10. The summed E-state index contributed by atoms with van der Waals surface area (Å²) in [5.74, 6) is 2.77. The summed E-state index contributed by atoms with van der Waals surface area (Å²) < 4.78 is 0. The largest absolute Gasteiger partial charge is 0.312 e. The topological polar surface area (TPSA) is 15.3 Å². The maximum atomic E-state index is 3.68. The van der Waals surface area contributed by atoms with Gasteiger partial charge in [-0.1, -0.05) is 20.3 Å². The lowest BCUT2D eigenvalue weighted by Crippen LogP contribution is -2.41. The molecule has 2 rings (SSSR count). The highest BCUT2D eigenvalue weighted by Gasteiger charge is 2.38. The van der Waals surface area contributed by atoms with Crippen LogP contribution in [0.5, 0.6) is 0 Å². The van der Waals surface area contributed by atoms with Crippen molar-refractivity contribution in [3.8, 4) is 0 Å². The van der Waals surface area contributed by atoms with E-state index < -0.39 is 0 Å². The molecule has 4 unspecified atom stereocenters. The molecule has 0 aromatic carbocycles. The molecular formula is C17H34N2. The van der Waals surface area contributed by atoms with Crippen LogP contribution in [0.25, 0.3) is 0 Å². The Kier molecular flexibility index (Phi) is 4.94. The van der Waals surface area contributed by atoms with Crippen molar-refractivity contribution < 1.29 is 0 Å². The SMILES string of the molecule is CCC1CCC(N2CCC(CNC(C)(C)C)C2)C1C. The van der Waals surface area contributed by atoms with Crippen LogP contribution >= 0.6 is 0 Å². The molecule has 4 atom stereocenters. The first-order valence-corrected chi connectivity index (χ1v) is 8.39. The van der Waals surface area contributed by atoms with Crippen molar-refractivity contribution in [3.05, 3.63) is 0 Å². The molecule has 1 saturated carbocycles. The van der Waals surface area contributed by atoms with Crippen molar-refractivity contribution in [1.29, 1.82) is 0 Å². The van der Waals surface area contributed by atoms with E-state index in [9.17, 15) is 0 Å². The van der Waals surface area contributed by atoms with Crippen molar-refractivity contribution in [3.63, 3.8) is 0 Å². The normalized spacial score (nSPS) is 37.1. The van der Waals surface area contributed by atoms with Gasteiger partial charge in [0.1, 0.15) is 0 Å². The van der Waals surface area contributed by atoms with Gasteiger partial charge in [-0.25, -0.2) is 0 Å². The number of rotatable bonds is 4. The summed E-state index contributed by atoms with van der Waals surface area (Å²) in [5.41, 5.74) is 0.265. The minimum absolute atomic E-state index is 0.265. The highest BCUT2D eigenvalue weighted by Crippen LogP contribution is 2.38. The highest BCUT2D eigenvalue weighted by molar-refractivity contribution is 4.92. The van der Waals surface area contributed by atoms with Gasteiger partial charge in [0, 0.05) is 18.1 Å². The molecule has 19 heavy (non-hydrogen) atoms. The van der Waals surface area contributed by atoms with Gasteiger partial charge in [0.2, 0.25) is 0 Å². The standard InChI is InChI=1S/C17H34N2/c1-6-15-7-8-16(13(15)2)19-10-9-14(12-19)11-18-17(3,4)5/h13-16,18H,6-12H2,1-5H3. The molecule has 1 heterocycles. The Labute approximate surface area is 120 Å². The highest BCUT2D eigenvalue weighted by atomic mass is 15.2. The van der Waals surface area contributed by atoms with Crippen molar-refractivity contribution in [1.82, 2.24) is 10.2 Å². The monoisotopic (exact) mass is 266 g/mol. The maximum absolute atomic E-state index is 3.68. The molecule has 1 saturated heterocycles. The van der Waals surface area contributed by atoms with E-state index >= 15 is 0 Å². The first-order chi connectivity index (χ1) is 8.90. The summed E-state index contributed by atoms with van der Waals surface area (Å²) >= 11 is 0. The average Bonchev–Trinajstić information content (AvgIpc) is 2.91. The van der Waals surface area contributed by atoms with Crippen LogP contribution in [-0.2, 0) is 0 Å². The van der Waals surface area contributed by atoms with Crippen molar-refractivity contribution in [2.45, 2.75) is 71.9 Å². The molecule has 1 N–H and O–H groups in total. The lowest BCUT2D eigenvalue weighted by molar-refractivity contribution is 0.180. The Morgan fingerprint density at radius 1 is 1.16 bits per heavy atom. The third-order valence-corrected chi connectivity index (χ3v) is 5.42. The molecule has 2 aliphatic rings. The van der Waals surface area contributed by atoms with Crippen LogP contribution in [0.1, 0.15) is 60.3 Å². The number of nitrogens with one attached hydrogen (secondary N) is 1. The minimum Gasteiger partial charge on any atom is -0.312 e. The van der Waals surface area contributed by atoms with Gasteiger partial charge in [-0.15, -0.1) is 0 Å². The van der Waals surface area contributed by atoms with E-state index in [1.54, 1.807) is 0 Å². The molecule has 112 valence electrons. The van der Waals surface area contributed by atoms with E-state index in [2.05, 4.69) is 44.8 Å². The lowest BCUT2D eigenvalue weighted by atomic mass is 9.93. The van der Waals surface area contributed by atoms with Gasteiger partial charge in [-0.05, 0) is 70.9 Å². The van der Waals surface area contributed by atoms with Crippen LogP contribution in [0.2, 0.25) is 0 Å². The van der Waals surface area contributed by atoms with Gasteiger partial charge in [-0.2, -0.15) is 0 Å². The van der Waals surface area contributed by atoms with Crippen LogP contribution in [0.15, 0.2) is 0 Å². The molecule has 2 heteroatoms. The summed E-state index contributed by atoms with van der Waals surface area (Å²) in [5, 5.41) is 3.68. The Morgan fingerprint density at radius 3 is 2.47 bits per heavy atom. The van der Waals surface area contributed by atoms with Crippen LogP contribution in [-0.4, -0.2) is 36.1 Å². The second kappa shape index (κ2) is 6.13. The van der Waals surface area contributed by atoms with E-state index in [-0.39, 0.29) is 5.54 Å². The Morgan fingerprint density at radius 2 is 1.89 bits per heavy atom. The van der Waals surface area contributed by atoms with Gasteiger partial charge in [0.25, 0.3) is 0 Å². The summed E-state index contributed by atoms with van der Waals surface area (Å²) in [6.07, 6.45) is 5.67. The van der Waals surface area contributed by atoms with Crippen LogP contribution < -0.4 is 5.32 Å². The second-order valence-electron chi connectivity index (χ2n) is 7.95. The van der Waals surface area contributed by atoms with E-state index in [0.717, 1.165) is 23.8 Å². The summed E-state index contributed by atoms with van der Waals surface area (Å²) in [7, 11) is 0. The molecule has 0 aromatic heterocycles. The first-order valence-electron chi connectivity index (χ1n) is 8.39. The predicted octanol–water partition coefficient (Wildman–Crippen LogP) is 3.52. The Hall–Kier alpha value is -0.0800. The molecule has 0 spiro atoms. The zero-order valence-electron chi connectivity index (χ0n) is 13.7. The summed E-state index contributed by atoms with van der Waals surface area (Å²) in [6, 6.07) is 0.879. The third-order valence-electron chi connectivity index (χ3n) is 5.42. The predicted molar refractivity (Wildman–Crippen MR) is 83.4 cm³/mol. The molecule has 0 bridgehead atoms. The molecule has 2 nitrogen and oxygen atoms in total. The minimum atomic E-state index is 0.265. The van der Waals surface area contributed by atoms with Gasteiger partial charge in [-0.3, -0.25) is 4.90 Å². The van der Waals surface area contributed by atoms with E-state index in [1.165, 1.54) is 45.3 Å². The average molecular weight is 266 g/mol. The van der Waals surface area contributed by atoms with Gasteiger partial charge in [0.15, 0.2) is 0 Å². The Balaban J connectivity index is 1.79. The summed E-state index contributed by atoms with van der Waals surface area (Å²) in [6.45, 7) is 15.5. The van der Waals surface area contributed by atoms with Gasteiger partial charge >= 0.3 is 0 Å². The van der Waals surface area contributed by atoms with E-state index in [1.807, 2.05) is 0 Å². The number of hydrogen-bond donors (Lipinski definition) is 1. The second-order valence-corrected chi connectivity index (χ2v) is 7.95. The number of hydrogen-bond acceptors (Lipinski definition) is 2. The van der Waals surface area contributed by atoms with Crippen LogP contribution in [0.3, 0.4) is 0 Å². The van der Waals surface area contributed by atoms with Gasteiger partial charge < -0.3 is 5.32 Å². The van der Waals surface area contributed by atoms with Crippen molar-refractivity contribution in [2.75, 3.05) is 19.6 Å². The molecule has 2 fully saturated rings. The Bertz CT molecular complexity index is 281. The third kappa shape index (κ3) is 3.95.